The number of amides is 1. The maximum atomic E-state index is 13.1. The van der Waals surface area contributed by atoms with Crippen LogP contribution in [0, 0.1) is 5.92 Å². The summed E-state index contributed by atoms with van der Waals surface area (Å²) >= 11 is 1.51. The Hall–Kier alpha value is -3.71. The molecule has 1 heterocycles. The molecule has 2 aromatic carbocycles. The Morgan fingerprint density at radius 2 is 1.77 bits per heavy atom. The normalized spacial score (nSPS) is 15.4. The summed E-state index contributed by atoms with van der Waals surface area (Å²) in [5.74, 6) is 0.386. The number of benzene rings is 2. The van der Waals surface area contributed by atoms with E-state index in [0.717, 1.165) is 46.0 Å². The number of thiazole rings is 1. The molecule has 7 heteroatoms. The van der Waals surface area contributed by atoms with Gasteiger partial charge in [-0.15, -0.1) is 11.3 Å². The first-order valence-electron chi connectivity index (χ1n) is 14.0. The van der Waals surface area contributed by atoms with Crippen molar-refractivity contribution in [2.24, 2.45) is 5.92 Å². The standard InChI is InChI=1S/C33H38N2O4S/c1-23(17-24(2)33(37)38)18-28-22-40-32(34-28)30(35-31(36)20-25-9-5-3-6-10-25)19-26-13-15-29(16-14-26)39-21-27-11-7-4-8-12-27/h4,7-8,11-18,22,25,30H,3,5-6,9-10,19-21H2,1-2H3,(H,35,36)(H,37,38)/t30-/m0/s1. The second-order valence-corrected chi connectivity index (χ2v) is 11.5. The molecule has 1 fully saturated rings. The number of nitrogens with one attached hydrogen (secondary N) is 1. The summed E-state index contributed by atoms with van der Waals surface area (Å²) in [5, 5.41) is 15.2. The minimum atomic E-state index is -0.941. The Morgan fingerprint density at radius 1 is 1.05 bits per heavy atom. The molecule has 4 rings (SSSR count). The van der Waals surface area contributed by atoms with Crippen LogP contribution in [0.4, 0.5) is 0 Å². The first-order valence-corrected chi connectivity index (χ1v) is 14.8. The van der Waals surface area contributed by atoms with Crippen LogP contribution in [0.3, 0.4) is 0 Å². The molecule has 1 atom stereocenters. The summed E-state index contributed by atoms with van der Waals surface area (Å²) in [6.07, 6.45) is 10.6. The van der Waals surface area contributed by atoms with E-state index in [9.17, 15) is 9.59 Å². The molecule has 0 aliphatic heterocycles. The summed E-state index contributed by atoms with van der Waals surface area (Å²) in [6.45, 7) is 3.94. The lowest BCUT2D eigenvalue weighted by molar-refractivity contribution is -0.132. The highest BCUT2D eigenvalue weighted by molar-refractivity contribution is 7.09. The van der Waals surface area contributed by atoms with Gasteiger partial charge in [0.1, 0.15) is 17.4 Å². The largest absolute Gasteiger partial charge is 0.489 e. The molecule has 0 bridgehead atoms. The van der Waals surface area contributed by atoms with Crippen molar-refractivity contribution in [2.45, 2.75) is 71.4 Å². The highest BCUT2D eigenvalue weighted by Gasteiger charge is 2.22. The third kappa shape index (κ3) is 9.19. The molecule has 210 valence electrons. The molecule has 1 amide bonds. The molecule has 1 aliphatic rings. The number of carboxylic acid groups (broad SMARTS) is 1. The quantitative estimate of drug-likeness (QED) is 0.177. The average Bonchev–Trinajstić information content (AvgIpc) is 3.41. The van der Waals surface area contributed by atoms with E-state index in [2.05, 4.69) is 5.32 Å². The maximum absolute atomic E-state index is 13.1. The van der Waals surface area contributed by atoms with Crippen LogP contribution in [0.2, 0.25) is 0 Å². The number of hydrogen-bond acceptors (Lipinski definition) is 5. The van der Waals surface area contributed by atoms with Crippen molar-refractivity contribution in [1.29, 1.82) is 0 Å². The molecule has 6 nitrogen and oxygen atoms in total. The number of rotatable bonds is 12. The summed E-state index contributed by atoms with van der Waals surface area (Å²) in [4.78, 5) is 29.1. The fourth-order valence-electron chi connectivity index (χ4n) is 5.01. The van der Waals surface area contributed by atoms with Gasteiger partial charge in [-0.3, -0.25) is 4.79 Å². The predicted molar refractivity (Wildman–Crippen MR) is 160 cm³/mol. The van der Waals surface area contributed by atoms with E-state index in [1.54, 1.807) is 13.0 Å². The topological polar surface area (TPSA) is 88.5 Å². The van der Waals surface area contributed by atoms with Crippen molar-refractivity contribution in [3.8, 4) is 5.75 Å². The second-order valence-electron chi connectivity index (χ2n) is 10.6. The van der Waals surface area contributed by atoms with Gasteiger partial charge in [-0.25, -0.2) is 9.78 Å². The Morgan fingerprint density at radius 3 is 2.48 bits per heavy atom. The van der Waals surface area contributed by atoms with Gasteiger partial charge < -0.3 is 15.2 Å². The van der Waals surface area contributed by atoms with Gasteiger partial charge in [-0.05, 0) is 80.0 Å². The van der Waals surface area contributed by atoms with Crippen molar-refractivity contribution >= 4 is 29.3 Å². The molecule has 3 aromatic rings. The van der Waals surface area contributed by atoms with E-state index >= 15 is 0 Å². The fourth-order valence-corrected chi connectivity index (χ4v) is 5.84. The minimum Gasteiger partial charge on any atom is -0.489 e. The SMILES string of the molecule is CC(=Cc1csc([C@H](Cc2ccc(OCc3ccccc3)cc2)NC(=O)CC2CCCCC2)n1)C=C(C)C(=O)O. The number of ether oxygens (including phenoxy) is 1. The van der Waals surface area contributed by atoms with Crippen LogP contribution in [-0.4, -0.2) is 22.0 Å². The lowest BCUT2D eigenvalue weighted by Gasteiger charge is -2.23. The molecule has 40 heavy (non-hydrogen) atoms. The van der Waals surface area contributed by atoms with E-state index in [-0.39, 0.29) is 17.5 Å². The predicted octanol–water partition coefficient (Wildman–Crippen LogP) is 7.53. The molecular weight excluding hydrogens is 520 g/mol. The van der Waals surface area contributed by atoms with E-state index in [1.165, 1.54) is 30.6 Å². The monoisotopic (exact) mass is 558 g/mol. The smallest absolute Gasteiger partial charge is 0.331 e. The number of aromatic nitrogens is 1. The number of nitrogens with zero attached hydrogens (tertiary/aromatic N) is 1. The van der Waals surface area contributed by atoms with Gasteiger partial charge in [0.2, 0.25) is 5.91 Å². The van der Waals surface area contributed by atoms with Crippen molar-refractivity contribution in [2.75, 3.05) is 0 Å². The second kappa shape index (κ2) is 14.6. The minimum absolute atomic E-state index is 0.0724. The maximum Gasteiger partial charge on any atom is 0.331 e. The van der Waals surface area contributed by atoms with Gasteiger partial charge in [0, 0.05) is 17.4 Å². The lowest BCUT2D eigenvalue weighted by Crippen LogP contribution is -2.31. The third-order valence-corrected chi connectivity index (χ3v) is 8.12. The van der Waals surface area contributed by atoms with Crippen LogP contribution >= 0.6 is 11.3 Å². The summed E-state index contributed by atoms with van der Waals surface area (Å²) < 4.78 is 5.94. The van der Waals surface area contributed by atoms with Crippen LogP contribution in [-0.2, 0) is 22.6 Å². The number of carbonyl (C=O) groups excluding carboxylic acids is 1. The molecular formula is C33H38N2O4S. The molecule has 1 saturated carbocycles. The first kappa shape index (κ1) is 29.3. The Kier molecular flexibility index (Phi) is 10.7. The molecule has 0 radical (unpaired) electrons. The molecule has 0 unspecified atom stereocenters. The summed E-state index contributed by atoms with van der Waals surface area (Å²) in [7, 11) is 0. The molecule has 1 aliphatic carbocycles. The highest BCUT2D eigenvalue weighted by Crippen LogP contribution is 2.28. The molecule has 1 aromatic heterocycles. The first-order chi connectivity index (χ1) is 19.4. The Bertz CT molecular complexity index is 1320. The van der Waals surface area contributed by atoms with Gasteiger partial charge in [-0.2, -0.15) is 0 Å². The van der Waals surface area contributed by atoms with Crippen LogP contribution < -0.4 is 10.1 Å². The zero-order valence-electron chi connectivity index (χ0n) is 23.3. The van der Waals surface area contributed by atoms with Crippen molar-refractivity contribution in [1.82, 2.24) is 10.3 Å². The number of hydrogen-bond donors (Lipinski definition) is 2. The Labute approximate surface area is 240 Å². The Balaban J connectivity index is 1.46. The zero-order valence-corrected chi connectivity index (χ0v) is 24.1. The molecule has 0 spiro atoms. The molecule has 2 N–H and O–H groups in total. The number of allylic oxidation sites excluding steroid dienone is 2. The number of carboxylic acids is 1. The van der Waals surface area contributed by atoms with Gasteiger partial charge in [0.15, 0.2) is 0 Å². The third-order valence-electron chi connectivity index (χ3n) is 7.14. The van der Waals surface area contributed by atoms with Gasteiger partial charge in [-0.1, -0.05) is 61.7 Å². The van der Waals surface area contributed by atoms with Gasteiger partial charge in [0.25, 0.3) is 0 Å². The van der Waals surface area contributed by atoms with Crippen LogP contribution in [0.15, 0.2) is 77.2 Å². The van der Waals surface area contributed by atoms with Crippen LogP contribution in [0.1, 0.15) is 80.2 Å². The summed E-state index contributed by atoms with van der Waals surface area (Å²) in [5.41, 5.74) is 4.03. The van der Waals surface area contributed by atoms with Crippen molar-refractivity contribution in [3.63, 3.8) is 0 Å². The van der Waals surface area contributed by atoms with E-state index < -0.39 is 5.97 Å². The van der Waals surface area contributed by atoms with Gasteiger partial charge >= 0.3 is 5.97 Å². The van der Waals surface area contributed by atoms with Crippen molar-refractivity contribution in [3.05, 3.63) is 99.0 Å². The van der Waals surface area contributed by atoms with E-state index in [0.29, 0.717) is 25.4 Å². The van der Waals surface area contributed by atoms with Crippen molar-refractivity contribution < 1.29 is 19.4 Å². The van der Waals surface area contributed by atoms with E-state index in [4.69, 9.17) is 14.8 Å². The van der Waals surface area contributed by atoms with Gasteiger partial charge in [0.05, 0.1) is 11.7 Å². The van der Waals surface area contributed by atoms with E-state index in [1.807, 2.05) is 73.0 Å². The lowest BCUT2D eigenvalue weighted by atomic mass is 9.87. The number of carbonyl (C=O) groups is 2. The van der Waals surface area contributed by atoms with Crippen LogP contribution in [0.25, 0.3) is 6.08 Å². The molecule has 0 saturated heterocycles. The number of aliphatic carboxylic acids is 1. The zero-order chi connectivity index (χ0) is 28.3. The highest BCUT2D eigenvalue weighted by atomic mass is 32.1. The average molecular weight is 559 g/mol. The van der Waals surface area contributed by atoms with Crippen LogP contribution in [0.5, 0.6) is 5.75 Å². The summed E-state index contributed by atoms with van der Waals surface area (Å²) in [6, 6.07) is 17.8. The fraction of sp³-hybridized carbons (Fsp3) is 0.364.